The van der Waals surface area contributed by atoms with Gasteiger partial charge in [0.2, 0.25) is 15.7 Å². The minimum atomic E-state index is -4.62. The van der Waals surface area contributed by atoms with Gasteiger partial charge in [0.05, 0.1) is 5.56 Å². The number of halogens is 3. The molecule has 1 rings (SSSR count). The van der Waals surface area contributed by atoms with Crippen LogP contribution >= 0.6 is 0 Å². The normalized spacial score (nSPS) is 13.3. The van der Waals surface area contributed by atoms with Gasteiger partial charge in [-0.25, -0.2) is 13.4 Å². The van der Waals surface area contributed by atoms with Crippen molar-refractivity contribution in [2.24, 2.45) is 5.73 Å². The van der Waals surface area contributed by atoms with E-state index in [4.69, 9.17) is 5.73 Å². The van der Waals surface area contributed by atoms with Crippen molar-refractivity contribution in [1.82, 2.24) is 4.98 Å². The molecule has 9 heteroatoms. The van der Waals surface area contributed by atoms with E-state index in [0.717, 1.165) is 13.8 Å². The predicted octanol–water partition coefficient (Wildman–Crippen LogP) is 1.14. The molecule has 1 aromatic heterocycles. The minimum absolute atomic E-state index is 0.393. The van der Waals surface area contributed by atoms with Crippen LogP contribution in [0.15, 0.2) is 23.4 Å². The highest BCUT2D eigenvalue weighted by Gasteiger charge is 2.42. The molecular formula is C10H11F3N2O3S. The van der Waals surface area contributed by atoms with E-state index in [1.807, 2.05) is 0 Å². The summed E-state index contributed by atoms with van der Waals surface area (Å²) in [4.78, 5) is 14.4. The number of carbonyl (C=O) groups excluding carboxylic acids is 1. The summed E-state index contributed by atoms with van der Waals surface area (Å²) in [5.41, 5.74) is 3.89. The zero-order valence-corrected chi connectivity index (χ0v) is 10.8. The van der Waals surface area contributed by atoms with Gasteiger partial charge >= 0.3 is 6.18 Å². The molecular weight excluding hydrogens is 285 g/mol. The quantitative estimate of drug-likeness (QED) is 0.905. The highest BCUT2D eigenvalue weighted by atomic mass is 32.2. The summed E-state index contributed by atoms with van der Waals surface area (Å²) in [6.45, 7) is 2.12. The maximum atomic E-state index is 12.3. The third-order valence-corrected chi connectivity index (χ3v) is 4.94. The van der Waals surface area contributed by atoms with Crippen molar-refractivity contribution < 1.29 is 26.4 Å². The number of nitrogens with two attached hydrogens (primary N) is 1. The number of hydrogen-bond acceptors (Lipinski definition) is 4. The Hall–Kier alpha value is -1.64. The molecule has 0 aliphatic rings. The van der Waals surface area contributed by atoms with Gasteiger partial charge in [-0.2, -0.15) is 13.2 Å². The molecule has 0 aliphatic heterocycles. The molecule has 0 fully saturated rings. The zero-order chi connectivity index (χ0) is 15.1. The molecule has 19 heavy (non-hydrogen) atoms. The van der Waals surface area contributed by atoms with Gasteiger partial charge in [-0.1, -0.05) is 0 Å². The lowest BCUT2D eigenvalue weighted by atomic mass is 10.2. The molecule has 0 unspecified atom stereocenters. The van der Waals surface area contributed by atoms with Gasteiger partial charge in [0.25, 0.3) is 0 Å². The number of carbonyl (C=O) groups is 1. The molecule has 1 amide bonds. The molecule has 0 aromatic carbocycles. The highest BCUT2D eigenvalue weighted by Crippen LogP contribution is 2.30. The van der Waals surface area contributed by atoms with Crippen LogP contribution in [-0.2, 0) is 20.8 Å². The second-order valence-electron chi connectivity index (χ2n) is 4.26. The van der Waals surface area contributed by atoms with Crippen molar-refractivity contribution >= 4 is 15.7 Å². The average molecular weight is 296 g/mol. The van der Waals surface area contributed by atoms with E-state index in [1.165, 1.54) is 0 Å². The van der Waals surface area contributed by atoms with Gasteiger partial charge in [-0.15, -0.1) is 0 Å². The number of primary amides is 1. The third kappa shape index (κ3) is 2.70. The SMILES string of the molecule is CC(C)(C(N)=O)S(=O)(=O)c1ccc(C(F)(F)F)cn1. The number of hydrogen-bond donors (Lipinski definition) is 1. The molecule has 0 saturated heterocycles. The molecule has 0 aliphatic carbocycles. The van der Waals surface area contributed by atoms with Crippen molar-refractivity contribution in [3.05, 3.63) is 23.9 Å². The monoisotopic (exact) mass is 296 g/mol. The summed E-state index contributed by atoms with van der Waals surface area (Å²) in [6, 6.07) is 1.28. The minimum Gasteiger partial charge on any atom is -0.368 e. The fourth-order valence-corrected chi connectivity index (χ4v) is 2.33. The first-order chi connectivity index (χ1) is 8.40. The van der Waals surface area contributed by atoms with Crippen LogP contribution in [0, 0.1) is 0 Å². The Labute approximate surface area is 107 Å². The van der Waals surface area contributed by atoms with E-state index in [9.17, 15) is 26.4 Å². The van der Waals surface area contributed by atoms with E-state index in [2.05, 4.69) is 4.98 Å². The van der Waals surface area contributed by atoms with Crippen LogP contribution in [0.1, 0.15) is 19.4 Å². The van der Waals surface area contributed by atoms with Gasteiger partial charge in [0.1, 0.15) is 0 Å². The molecule has 5 nitrogen and oxygen atoms in total. The molecule has 2 N–H and O–H groups in total. The van der Waals surface area contributed by atoms with Gasteiger partial charge in [-0.3, -0.25) is 4.79 Å². The largest absolute Gasteiger partial charge is 0.417 e. The topological polar surface area (TPSA) is 90.1 Å². The molecule has 0 saturated carbocycles. The Morgan fingerprint density at radius 3 is 2.11 bits per heavy atom. The van der Waals surface area contributed by atoms with Gasteiger partial charge in [-0.05, 0) is 26.0 Å². The lowest BCUT2D eigenvalue weighted by Gasteiger charge is -2.20. The maximum absolute atomic E-state index is 12.3. The predicted molar refractivity (Wildman–Crippen MR) is 59.7 cm³/mol. The van der Waals surface area contributed by atoms with Crippen molar-refractivity contribution in [3.8, 4) is 0 Å². The van der Waals surface area contributed by atoms with Gasteiger partial charge < -0.3 is 5.73 Å². The van der Waals surface area contributed by atoms with Crippen molar-refractivity contribution in [2.45, 2.75) is 29.8 Å². The van der Waals surface area contributed by atoms with Crippen LogP contribution in [0.3, 0.4) is 0 Å². The number of rotatable bonds is 3. The van der Waals surface area contributed by atoms with Crippen molar-refractivity contribution in [2.75, 3.05) is 0 Å². The highest BCUT2D eigenvalue weighted by molar-refractivity contribution is 7.93. The fraction of sp³-hybridized carbons (Fsp3) is 0.400. The lowest BCUT2D eigenvalue weighted by molar-refractivity contribution is -0.137. The molecule has 0 radical (unpaired) electrons. The molecule has 0 atom stereocenters. The molecule has 106 valence electrons. The first-order valence-electron chi connectivity index (χ1n) is 4.98. The lowest BCUT2D eigenvalue weighted by Crippen LogP contribution is -2.45. The van der Waals surface area contributed by atoms with E-state index >= 15 is 0 Å². The Kier molecular flexibility index (Phi) is 3.63. The molecule has 1 heterocycles. The Morgan fingerprint density at radius 1 is 1.26 bits per heavy atom. The standard InChI is InChI=1S/C10H11F3N2O3S/c1-9(2,8(14)16)19(17,18)7-4-3-6(5-15-7)10(11,12)13/h3-5H,1-2H3,(H2,14,16). The summed E-state index contributed by atoms with van der Waals surface area (Å²) in [5, 5.41) is -0.635. The second-order valence-corrected chi connectivity index (χ2v) is 6.71. The van der Waals surface area contributed by atoms with E-state index in [0.29, 0.717) is 18.3 Å². The van der Waals surface area contributed by atoms with Gasteiger partial charge in [0, 0.05) is 6.20 Å². The van der Waals surface area contributed by atoms with E-state index in [-0.39, 0.29) is 0 Å². The van der Waals surface area contributed by atoms with Crippen LogP contribution in [-0.4, -0.2) is 24.1 Å². The number of nitrogens with zero attached hydrogens (tertiary/aromatic N) is 1. The average Bonchev–Trinajstić information content (AvgIpc) is 2.27. The van der Waals surface area contributed by atoms with Crippen LogP contribution in [0.4, 0.5) is 13.2 Å². The van der Waals surface area contributed by atoms with Crippen molar-refractivity contribution in [3.63, 3.8) is 0 Å². The Bertz CT molecular complexity index is 591. The fourth-order valence-electron chi connectivity index (χ4n) is 1.10. The number of pyridine rings is 1. The zero-order valence-electron chi connectivity index (χ0n) is 10.0. The first kappa shape index (κ1) is 15.4. The maximum Gasteiger partial charge on any atom is 0.417 e. The van der Waals surface area contributed by atoms with Gasteiger partial charge in [0.15, 0.2) is 9.77 Å². The third-order valence-electron chi connectivity index (χ3n) is 2.60. The first-order valence-corrected chi connectivity index (χ1v) is 6.47. The van der Waals surface area contributed by atoms with Crippen LogP contribution < -0.4 is 5.73 Å². The summed E-state index contributed by atoms with van der Waals surface area (Å²) in [6.07, 6.45) is -4.22. The second kappa shape index (κ2) is 4.48. The summed E-state index contributed by atoms with van der Waals surface area (Å²) in [7, 11) is -4.25. The molecule has 1 aromatic rings. The number of alkyl halides is 3. The van der Waals surface area contributed by atoms with E-state index in [1.54, 1.807) is 0 Å². The smallest absolute Gasteiger partial charge is 0.368 e. The van der Waals surface area contributed by atoms with Crippen LogP contribution in [0.25, 0.3) is 0 Å². The number of sulfone groups is 1. The Balaban J connectivity index is 3.29. The Morgan fingerprint density at radius 2 is 1.79 bits per heavy atom. The number of amides is 1. The van der Waals surface area contributed by atoms with E-state index < -0.39 is 37.3 Å². The van der Waals surface area contributed by atoms with Crippen LogP contribution in [0.5, 0.6) is 0 Å². The summed E-state index contributed by atoms with van der Waals surface area (Å²) in [5.74, 6) is -1.12. The molecule has 0 bridgehead atoms. The summed E-state index contributed by atoms with van der Waals surface area (Å²) < 4.78 is 59.0. The number of aromatic nitrogens is 1. The van der Waals surface area contributed by atoms with Crippen molar-refractivity contribution in [1.29, 1.82) is 0 Å². The summed E-state index contributed by atoms with van der Waals surface area (Å²) >= 11 is 0. The molecule has 0 spiro atoms. The van der Waals surface area contributed by atoms with Crippen LogP contribution in [0.2, 0.25) is 0 Å².